The normalized spacial score (nSPS) is 22.1. The van der Waals surface area contributed by atoms with E-state index in [1.807, 2.05) is 30.0 Å². The number of thioether (sulfide) groups is 1. The second-order valence-electron chi connectivity index (χ2n) is 4.40. The van der Waals surface area contributed by atoms with Crippen LogP contribution in [0, 0.1) is 0 Å². The number of para-hydroxylation sites is 1. The number of aliphatic hydroxyl groups is 1. The molecule has 0 aliphatic carbocycles. The van der Waals surface area contributed by atoms with Crippen LogP contribution in [0.2, 0.25) is 0 Å². The Morgan fingerprint density at radius 3 is 3.06 bits per heavy atom. The number of hydrogen-bond donors (Lipinski definition) is 1. The van der Waals surface area contributed by atoms with Crippen molar-refractivity contribution >= 4 is 33.3 Å². The predicted octanol–water partition coefficient (Wildman–Crippen LogP) is 3.10. The van der Waals surface area contributed by atoms with Gasteiger partial charge in [-0.1, -0.05) is 12.1 Å². The molecule has 1 aliphatic heterocycles. The smallest absolute Gasteiger partial charge is 0.0964 e. The molecule has 2 nitrogen and oxygen atoms in total. The van der Waals surface area contributed by atoms with Gasteiger partial charge in [0.2, 0.25) is 0 Å². The number of rotatable bonds is 3. The number of benzene rings is 1. The van der Waals surface area contributed by atoms with E-state index in [2.05, 4.69) is 11.1 Å². The Balaban J connectivity index is 1.75. The summed E-state index contributed by atoms with van der Waals surface area (Å²) in [7, 11) is 0. The number of aromatic nitrogens is 1. The number of fused-ring (bicyclic) bond motifs is 1. The standard InChI is InChI=1S/C13H15NOS2/c15-10(12-6-3-7-16-12)8-13-14-9-4-1-2-5-11(9)17-13/h1-2,4-5,10,12,15H,3,6-8H2. The summed E-state index contributed by atoms with van der Waals surface area (Å²) in [4.78, 5) is 4.57. The van der Waals surface area contributed by atoms with Crippen LogP contribution in [0.15, 0.2) is 24.3 Å². The molecule has 1 aromatic heterocycles. The maximum absolute atomic E-state index is 10.2. The summed E-state index contributed by atoms with van der Waals surface area (Å²) in [5.74, 6) is 1.20. The zero-order chi connectivity index (χ0) is 11.7. The number of hydrogen-bond acceptors (Lipinski definition) is 4. The monoisotopic (exact) mass is 265 g/mol. The zero-order valence-electron chi connectivity index (χ0n) is 9.50. The van der Waals surface area contributed by atoms with Gasteiger partial charge in [0, 0.05) is 11.7 Å². The average molecular weight is 265 g/mol. The summed E-state index contributed by atoms with van der Waals surface area (Å²) >= 11 is 3.61. The van der Waals surface area contributed by atoms with Gasteiger partial charge in [0.05, 0.1) is 21.3 Å². The van der Waals surface area contributed by atoms with Crippen molar-refractivity contribution < 1.29 is 5.11 Å². The molecule has 2 aromatic rings. The molecule has 1 N–H and O–H groups in total. The Labute approximate surface area is 109 Å². The third-order valence-corrected chi connectivity index (χ3v) is 5.68. The molecule has 17 heavy (non-hydrogen) atoms. The van der Waals surface area contributed by atoms with Crippen molar-refractivity contribution in [1.29, 1.82) is 0 Å². The molecule has 2 heterocycles. The molecule has 2 unspecified atom stereocenters. The second-order valence-corrected chi connectivity index (χ2v) is 6.86. The van der Waals surface area contributed by atoms with Crippen LogP contribution in [-0.2, 0) is 6.42 Å². The maximum atomic E-state index is 10.2. The molecule has 1 saturated heterocycles. The highest BCUT2D eigenvalue weighted by atomic mass is 32.2. The van der Waals surface area contributed by atoms with Crippen LogP contribution >= 0.6 is 23.1 Å². The molecule has 1 fully saturated rings. The lowest BCUT2D eigenvalue weighted by Gasteiger charge is -2.15. The topological polar surface area (TPSA) is 33.1 Å². The minimum absolute atomic E-state index is 0.233. The van der Waals surface area contributed by atoms with E-state index in [4.69, 9.17) is 0 Å². The van der Waals surface area contributed by atoms with Crippen molar-refractivity contribution in [3.8, 4) is 0 Å². The van der Waals surface area contributed by atoms with Gasteiger partial charge < -0.3 is 5.11 Å². The highest BCUT2D eigenvalue weighted by Gasteiger charge is 2.24. The van der Waals surface area contributed by atoms with E-state index < -0.39 is 0 Å². The lowest BCUT2D eigenvalue weighted by atomic mass is 10.1. The van der Waals surface area contributed by atoms with Gasteiger partial charge in [0.15, 0.2) is 0 Å². The lowest BCUT2D eigenvalue weighted by molar-refractivity contribution is 0.170. The van der Waals surface area contributed by atoms with Gasteiger partial charge in [-0.2, -0.15) is 11.8 Å². The van der Waals surface area contributed by atoms with Gasteiger partial charge in [0.1, 0.15) is 0 Å². The number of aliphatic hydroxyl groups excluding tert-OH is 1. The first-order chi connectivity index (χ1) is 8.33. The van der Waals surface area contributed by atoms with Gasteiger partial charge in [-0.25, -0.2) is 4.98 Å². The van der Waals surface area contributed by atoms with E-state index in [0.29, 0.717) is 11.7 Å². The fourth-order valence-corrected chi connectivity index (χ4v) is 4.53. The highest BCUT2D eigenvalue weighted by molar-refractivity contribution is 8.00. The quantitative estimate of drug-likeness (QED) is 0.925. The molecule has 3 rings (SSSR count). The summed E-state index contributed by atoms with van der Waals surface area (Å²) < 4.78 is 1.22. The van der Waals surface area contributed by atoms with Crippen molar-refractivity contribution in [3.05, 3.63) is 29.3 Å². The van der Waals surface area contributed by atoms with Gasteiger partial charge in [0.25, 0.3) is 0 Å². The van der Waals surface area contributed by atoms with E-state index >= 15 is 0 Å². The van der Waals surface area contributed by atoms with Gasteiger partial charge in [-0.15, -0.1) is 11.3 Å². The lowest BCUT2D eigenvalue weighted by Crippen LogP contribution is -2.22. The van der Waals surface area contributed by atoms with Crippen molar-refractivity contribution in [2.45, 2.75) is 30.6 Å². The van der Waals surface area contributed by atoms with Crippen LogP contribution < -0.4 is 0 Å². The van der Waals surface area contributed by atoms with Gasteiger partial charge >= 0.3 is 0 Å². The predicted molar refractivity (Wildman–Crippen MR) is 74.8 cm³/mol. The van der Waals surface area contributed by atoms with Crippen LogP contribution in [0.1, 0.15) is 17.8 Å². The van der Waals surface area contributed by atoms with Crippen LogP contribution in [0.4, 0.5) is 0 Å². The summed E-state index contributed by atoms with van der Waals surface area (Å²) in [6.45, 7) is 0. The van der Waals surface area contributed by atoms with Crippen molar-refractivity contribution in [3.63, 3.8) is 0 Å². The van der Waals surface area contributed by atoms with Crippen LogP contribution in [0.5, 0.6) is 0 Å². The summed E-state index contributed by atoms with van der Waals surface area (Å²) in [5.41, 5.74) is 1.05. The summed E-state index contributed by atoms with van der Waals surface area (Å²) in [6, 6.07) is 8.17. The fourth-order valence-electron chi connectivity index (χ4n) is 2.22. The third-order valence-electron chi connectivity index (χ3n) is 3.12. The van der Waals surface area contributed by atoms with Crippen LogP contribution in [0.25, 0.3) is 10.2 Å². The van der Waals surface area contributed by atoms with Gasteiger partial charge in [-0.05, 0) is 30.7 Å². The molecule has 4 heteroatoms. The highest BCUT2D eigenvalue weighted by Crippen LogP contribution is 2.31. The Morgan fingerprint density at radius 1 is 1.41 bits per heavy atom. The number of nitrogens with zero attached hydrogens (tertiary/aromatic N) is 1. The third kappa shape index (κ3) is 2.49. The fraction of sp³-hybridized carbons (Fsp3) is 0.462. The molecular formula is C13H15NOS2. The zero-order valence-corrected chi connectivity index (χ0v) is 11.1. The Bertz CT molecular complexity index is 472. The summed E-state index contributed by atoms with van der Waals surface area (Å²) in [6.07, 6.45) is 2.86. The molecule has 0 amide bonds. The average Bonchev–Trinajstić information content (AvgIpc) is 2.97. The first kappa shape index (κ1) is 11.5. The van der Waals surface area contributed by atoms with E-state index in [9.17, 15) is 5.11 Å². The molecule has 1 aliphatic rings. The first-order valence-electron chi connectivity index (χ1n) is 5.97. The van der Waals surface area contributed by atoms with Crippen LogP contribution in [0.3, 0.4) is 0 Å². The Morgan fingerprint density at radius 2 is 2.29 bits per heavy atom. The molecule has 0 spiro atoms. The van der Waals surface area contributed by atoms with Crippen molar-refractivity contribution in [2.24, 2.45) is 0 Å². The van der Waals surface area contributed by atoms with E-state index in [1.165, 1.54) is 16.9 Å². The van der Waals surface area contributed by atoms with Gasteiger partial charge in [-0.3, -0.25) is 0 Å². The second kappa shape index (κ2) is 4.96. The summed E-state index contributed by atoms with van der Waals surface area (Å²) in [5, 5.41) is 11.7. The largest absolute Gasteiger partial charge is 0.392 e. The number of thiazole rings is 1. The molecule has 0 saturated carbocycles. The minimum atomic E-state index is -0.233. The molecule has 1 aromatic carbocycles. The first-order valence-corrected chi connectivity index (χ1v) is 7.83. The molecule has 0 radical (unpaired) electrons. The van der Waals surface area contributed by atoms with E-state index in [1.54, 1.807) is 11.3 Å². The van der Waals surface area contributed by atoms with E-state index in [-0.39, 0.29) is 6.10 Å². The molecular weight excluding hydrogens is 250 g/mol. The Hall–Kier alpha value is -0.580. The van der Waals surface area contributed by atoms with E-state index in [0.717, 1.165) is 16.9 Å². The van der Waals surface area contributed by atoms with Crippen LogP contribution in [-0.4, -0.2) is 27.2 Å². The minimum Gasteiger partial charge on any atom is -0.392 e. The maximum Gasteiger partial charge on any atom is 0.0964 e. The molecule has 2 atom stereocenters. The van der Waals surface area contributed by atoms with Crippen molar-refractivity contribution in [1.82, 2.24) is 4.98 Å². The molecule has 90 valence electrons. The Kier molecular flexibility index (Phi) is 3.36. The SMILES string of the molecule is OC(Cc1nc2ccccc2s1)C1CCCS1. The molecule has 0 bridgehead atoms. The van der Waals surface area contributed by atoms with Crippen molar-refractivity contribution in [2.75, 3.05) is 5.75 Å².